The van der Waals surface area contributed by atoms with Crippen LogP contribution in [-0.2, 0) is 22.9 Å². The van der Waals surface area contributed by atoms with Crippen LogP contribution in [0.25, 0.3) is 0 Å². The molecular weight excluding hydrogens is 436 g/mol. The van der Waals surface area contributed by atoms with Crippen molar-refractivity contribution in [3.8, 4) is 0 Å². The molecule has 0 radical (unpaired) electrons. The molecule has 178 valence electrons. The van der Waals surface area contributed by atoms with Crippen LogP contribution in [0.15, 0.2) is 41.3 Å². The SMILES string of the molecule is CC[C@@H](C)NC(=O)c1cc(NS(=O)(=O)c2ccc3c(c2)CCCC3)ccc1N1CCNCC1. The van der Waals surface area contributed by atoms with Crippen LogP contribution in [0.4, 0.5) is 11.4 Å². The average Bonchev–Trinajstić information content (AvgIpc) is 2.83. The molecule has 0 unspecified atom stereocenters. The van der Waals surface area contributed by atoms with Crippen molar-refractivity contribution in [2.45, 2.75) is 56.9 Å². The van der Waals surface area contributed by atoms with Crippen molar-refractivity contribution in [1.82, 2.24) is 10.6 Å². The normalized spacial score (nSPS) is 17.2. The number of fused-ring (bicyclic) bond motifs is 1. The summed E-state index contributed by atoms with van der Waals surface area (Å²) in [6, 6.07) is 10.7. The molecule has 1 aliphatic carbocycles. The lowest BCUT2D eigenvalue weighted by Gasteiger charge is -2.31. The summed E-state index contributed by atoms with van der Waals surface area (Å²) < 4.78 is 29.0. The Balaban J connectivity index is 1.63. The number of anilines is 2. The van der Waals surface area contributed by atoms with E-state index in [2.05, 4.69) is 20.3 Å². The summed E-state index contributed by atoms with van der Waals surface area (Å²) in [7, 11) is -3.76. The fraction of sp³-hybridized carbons (Fsp3) is 0.480. The minimum atomic E-state index is -3.76. The second-order valence-corrected chi connectivity index (χ2v) is 10.7. The molecule has 1 atom stereocenters. The number of nitrogens with zero attached hydrogens (tertiary/aromatic N) is 1. The zero-order chi connectivity index (χ0) is 23.4. The molecule has 1 fully saturated rings. The molecule has 8 heteroatoms. The van der Waals surface area contributed by atoms with E-state index in [9.17, 15) is 13.2 Å². The third-order valence-electron chi connectivity index (χ3n) is 6.57. The zero-order valence-electron chi connectivity index (χ0n) is 19.5. The van der Waals surface area contributed by atoms with Gasteiger partial charge in [0, 0.05) is 43.6 Å². The smallest absolute Gasteiger partial charge is 0.261 e. The first-order valence-corrected chi connectivity index (χ1v) is 13.4. The Kier molecular flexibility index (Phi) is 7.24. The lowest BCUT2D eigenvalue weighted by molar-refractivity contribution is 0.0939. The van der Waals surface area contributed by atoms with E-state index in [1.165, 1.54) is 5.56 Å². The molecule has 7 nitrogen and oxygen atoms in total. The van der Waals surface area contributed by atoms with Crippen molar-refractivity contribution in [2.24, 2.45) is 0 Å². The van der Waals surface area contributed by atoms with Crippen LogP contribution >= 0.6 is 0 Å². The first-order chi connectivity index (χ1) is 15.9. The zero-order valence-corrected chi connectivity index (χ0v) is 20.3. The maximum absolute atomic E-state index is 13.1. The predicted molar refractivity (Wildman–Crippen MR) is 133 cm³/mol. The summed E-state index contributed by atoms with van der Waals surface area (Å²) in [5.74, 6) is -0.187. The fourth-order valence-corrected chi connectivity index (χ4v) is 5.56. The Morgan fingerprint density at radius 3 is 2.52 bits per heavy atom. The van der Waals surface area contributed by atoms with E-state index in [1.54, 1.807) is 24.3 Å². The van der Waals surface area contributed by atoms with Gasteiger partial charge in [0.15, 0.2) is 0 Å². The van der Waals surface area contributed by atoms with Crippen LogP contribution in [0.1, 0.15) is 54.6 Å². The Morgan fingerprint density at radius 2 is 1.79 bits per heavy atom. The molecular formula is C25H34N4O3S. The van der Waals surface area contributed by atoms with Crippen molar-refractivity contribution in [2.75, 3.05) is 35.8 Å². The second kappa shape index (κ2) is 10.1. The fourth-order valence-electron chi connectivity index (χ4n) is 4.46. The molecule has 0 bridgehead atoms. The number of carbonyl (C=O) groups excluding carboxylic acids is 1. The number of piperazine rings is 1. The minimum Gasteiger partial charge on any atom is -0.368 e. The summed E-state index contributed by atoms with van der Waals surface area (Å²) in [5, 5.41) is 6.35. The molecule has 1 saturated heterocycles. The maximum Gasteiger partial charge on any atom is 0.261 e. The number of carbonyl (C=O) groups is 1. The molecule has 1 aliphatic heterocycles. The van der Waals surface area contributed by atoms with Gasteiger partial charge in [-0.15, -0.1) is 0 Å². The van der Waals surface area contributed by atoms with Crippen LogP contribution < -0.4 is 20.3 Å². The van der Waals surface area contributed by atoms with E-state index in [-0.39, 0.29) is 16.8 Å². The molecule has 1 amide bonds. The van der Waals surface area contributed by atoms with Gasteiger partial charge in [-0.2, -0.15) is 0 Å². The number of amides is 1. The van der Waals surface area contributed by atoms with Gasteiger partial charge in [-0.3, -0.25) is 9.52 Å². The molecule has 4 rings (SSSR count). The van der Waals surface area contributed by atoms with E-state index in [1.807, 2.05) is 26.0 Å². The molecule has 0 saturated carbocycles. The molecule has 3 N–H and O–H groups in total. The van der Waals surface area contributed by atoms with Crippen LogP contribution in [0.3, 0.4) is 0 Å². The highest BCUT2D eigenvalue weighted by Crippen LogP contribution is 2.28. The van der Waals surface area contributed by atoms with E-state index in [0.29, 0.717) is 11.3 Å². The molecule has 33 heavy (non-hydrogen) atoms. The Bertz CT molecular complexity index is 1110. The van der Waals surface area contributed by atoms with Crippen LogP contribution in [0.2, 0.25) is 0 Å². The van der Waals surface area contributed by atoms with Gasteiger partial charge in [-0.25, -0.2) is 8.42 Å². The number of hydrogen-bond donors (Lipinski definition) is 3. The van der Waals surface area contributed by atoms with Gasteiger partial charge in [0.1, 0.15) is 0 Å². The summed E-state index contributed by atoms with van der Waals surface area (Å²) in [4.78, 5) is 15.5. The maximum atomic E-state index is 13.1. The van der Waals surface area contributed by atoms with Gasteiger partial charge >= 0.3 is 0 Å². The topological polar surface area (TPSA) is 90.5 Å². The first-order valence-electron chi connectivity index (χ1n) is 11.9. The number of nitrogens with one attached hydrogen (secondary N) is 3. The van der Waals surface area contributed by atoms with Crippen molar-refractivity contribution >= 4 is 27.3 Å². The number of sulfonamides is 1. The summed E-state index contributed by atoms with van der Waals surface area (Å²) in [5.41, 5.74) is 4.06. The highest BCUT2D eigenvalue weighted by atomic mass is 32.2. The van der Waals surface area contributed by atoms with Gasteiger partial charge in [0.2, 0.25) is 0 Å². The van der Waals surface area contributed by atoms with Crippen molar-refractivity contribution in [3.05, 3.63) is 53.1 Å². The Morgan fingerprint density at radius 1 is 1.06 bits per heavy atom. The highest BCUT2D eigenvalue weighted by molar-refractivity contribution is 7.92. The van der Waals surface area contributed by atoms with Gasteiger partial charge in [-0.05, 0) is 80.5 Å². The van der Waals surface area contributed by atoms with E-state index in [0.717, 1.165) is 69.5 Å². The Labute approximate surface area is 197 Å². The third kappa shape index (κ3) is 5.50. The van der Waals surface area contributed by atoms with E-state index >= 15 is 0 Å². The van der Waals surface area contributed by atoms with Crippen LogP contribution in [0, 0.1) is 0 Å². The Hall–Kier alpha value is -2.58. The standard InChI is InChI=1S/C25H34N4O3S/c1-3-18(2)27-25(30)23-17-21(9-11-24(23)29-14-12-26-13-15-29)28-33(31,32)22-10-8-19-6-4-5-7-20(19)16-22/h8-11,16-18,26,28H,3-7,12-15H2,1-2H3,(H,27,30)/t18-/m1/s1. The molecule has 2 aromatic carbocycles. The van der Waals surface area contributed by atoms with Crippen molar-refractivity contribution in [1.29, 1.82) is 0 Å². The summed E-state index contributed by atoms with van der Waals surface area (Å²) in [6.07, 6.45) is 4.98. The highest BCUT2D eigenvalue weighted by Gasteiger charge is 2.22. The number of hydrogen-bond acceptors (Lipinski definition) is 5. The van der Waals surface area contributed by atoms with E-state index in [4.69, 9.17) is 0 Å². The molecule has 2 aliphatic rings. The largest absolute Gasteiger partial charge is 0.368 e. The number of aryl methyl sites for hydroxylation is 2. The lowest BCUT2D eigenvalue weighted by Crippen LogP contribution is -2.44. The molecule has 1 heterocycles. The predicted octanol–water partition coefficient (Wildman–Crippen LogP) is 3.30. The van der Waals surface area contributed by atoms with Crippen molar-refractivity contribution < 1.29 is 13.2 Å². The first kappa shape index (κ1) is 23.6. The summed E-state index contributed by atoms with van der Waals surface area (Å²) >= 11 is 0. The molecule has 0 aromatic heterocycles. The van der Waals surface area contributed by atoms with Crippen LogP contribution in [0.5, 0.6) is 0 Å². The lowest BCUT2D eigenvalue weighted by atomic mass is 9.92. The average molecular weight is 471 g/mol. The number of rotatable bonds is 7. The van der Waals surface area contributed by atoms with Crippen LogP contribution in [-0.4, -0.2) is 46.5 Å². The summed E-state index contributed by atoms with van der Waals surface area (Å²) in [6.45, 7) is 7.27. The van der Waals surface area contributed by atoms with Gasteiger partial charge in [-0.1, -0.05) is 13.0 Å². The van der Waals surface area contributed by atoms with Crippen molar-refractivity contribution in [3.63, 3.8) is 0 Å². The third-order valence-corrected chi connectivity index (χ3v) is 7.95. The van der Waals surface area contributed by atoms with Gasteiger partial charge in [0.25, 0.3) is 15.9 Å². The minimum absolute atomic E-state index is 0.0317. The van der Waals surface area contributed by atoms with Gasteiger partial charge < -0.3 is 15.5 Å². The molecule has 2 aromatic rings. The number of benzene rings is 2. The van der Waals surface area contributed by atoms with E-state index < -0.39 is 10.0 Å². The quantitative estimate of drug-likeness (QED) is 0.578. The monoisotopic (exact) mass is 470 g/mol. The molecule has 0 spiro atoms. The van der Waals surface area contributed by atoms with Gasteiger partial charge in [0.05, 0.1) is 10.5 Å². The second-order valence-electron chi connectivity index (χ2n) is 8.99.